The minimum Gasteiger partial charge on any atom is -0.369 e. The second-order valence-electron chi connectivity index (χ2n) is 5.65. The topological polar surface area (TPSA) is 37.8 Å². The Kier molecular flexibility index (Phi) is 4.18. The fraction of sp³-hybridized carbons (Fsp3) is 0.333. The first kappa shape index (κ1) is 14.7. The van der Waals surface area contributed by atoms with Crippen LogP contribution in [0, 0.1) is 5.82 Å². The van der Waals surface area contributed by atoms with Gasteiger partial charge in [0, 0.05) is 18.0 Å². The Morgan fingerprint density at radius 3 is 2.68 bits per heavy atom. The van der Waals surface area contributed by atoms with Crippen LogP contribution in [0.25, 0.3) is 5.57 Å². The highest BCUT2D eigenvalue weighted by Crippen LogP contribution is 2.38. The fourth-order valence-electron chi connectivity index (χ4n) is 2.95. The van der Waals surface area contributed by atoms with Crippen molar-refractivity contribution in [2.45, 2.75) is 32.6 Å². The van der Waals surface area contributed by atoms with E-state index in [0.717, 1.165) is 42.0 Å². The summed E-state index contributed by atoms with van der Waals surface area (Å²) in [5.74, 6) is 1.10. The lowest BCUT2D eigenvalue weighted by Crippen LogP contribution is -2.10. The number of benzene rings is 1. The van der Waals surface area contributed by atoms with E-state index in [4.69, 9.17) is 0 Å². The number of rotatable bonds is 5. The molecule has 0 aliphatic heterocycles. The first-order valence-corrected chi connectivity index (χ1v) is 7.71. The van der Waals surface area contributed by atoms with Crippen molar-refractivity contribution in [2.75, 3.05) is 11.9 Å². The first-order valence-electron chi connectivity index (χ1n) is 7.71. The molecule has 1 aliphatic rings. The molecule has 1 N–H and O–H groups in total. The van der Waals surface area contributed by atoms with Gasteiger partial charge in [0.15, 0.2) is 0 Å². The maximum Gasteiger partial charge on any atom is 0.137 e. The predicted octanol–water partition coefficient (Wildman–Crippen LogP) is 4.18. The number of fused-ring (bicyclic) bond motifs is 1. The summed E-state index contributed by atoms with van der Waals surface area (Å²) in [5, 5.41) is 3.40. The number of halogens is 1. The van der Waals surface area contributed by atoms with Gasteiger partial charge in [0.2, 0.25) is 0 Å². The van der Waals surface area contributed by atoms with Crippen LogP contribution in [0.1, 0.15) is 43.0 Å². The van der Waals surface area contributed by atoms with Crippen LogP contribution < -0.4 is 5.32 Å². The molecule has 3 nitrogen and oxygen atoms in total. The third-order valence-corrected chi connectivity index (χ3v) is 4.13. The maximum absolute atomic E-state index is 12.9. The van der Waals surface area contributed by atoms with Crippen LogP contribution in [-0.2, 0) is 6.42 Å². The number of aromatic nitrogens is 2. The van der Waals surface area contributed by atoms with Crippen molar-refractivity contribution in [2.24, 2.45) is 0 Å². The second-order valence-corrected chi connectivity index (χ2v) is 5.65. The Bertz CT molecular complexity index is 692. The number of allylic oxidation sites excluding steroid dienone is 2. The Morgan fingerprint density at radius 1 is 1.18 bits per heavy atom. The molecule has 1 atom stereocenters. The standard InChI is InChI=1S/C18H20FN3/c1-3-14-10-12(2)16-17(14)21-11-22-18(16)20-9-8-13-4-6-15(19)7-5-13/h4-7,10-11,14H,3,8-9H2,1-2H3,(H,20,21,22). The lowest BCUT2D eigenvalue weighted by molar-refractivity contribution is 0.627. The zero-order valence-electron chi connectivity index (χ0n) is 12.9. The van der Waals surface area contributed by atoms with Gasteiger partial charge < -0.3 is 5.32 Å². The quantitative estimate of drug-likeness (QED) is 0.899. The zero-order chi connectivity index (χ0) is 15.5. The highest BCUT2D eigenvalue weighted by molar-refractivity contribution is 5.79. The largest absolute Gasteiger partial charge is 0.369 e. The van der Waals surface area contributed by atoms with Gasteiger partial charge in [-0.1, -0.05) is 25.1 Å². The van der Waals surface area contributed by atoms with Gasteiger partial charge in [0.05, 0.1) is 5.69 Å². The van der Waals surface area contributed by atoms with Gasteiger partial charge >= 0.3 is 0 Å². The van der Waals surface area contributed by atoms with E-state index in [1.165, 1.54) is 17.7 Å². The van der Waals surface area contributed by atoms with E-state index in [0.29, 0.717) is 5.92 Å². The summed E-state index contributed by atoms with van der Waals surface area (Å²) >= 11 is 0. The van der Waals surface area contributed by atoms with Crippen LogP contribution in [0.5, 0.6) is 0 Å². The Morgan fingerprint density at radius 2 is 1.95 bits per heavy atom. The van der Waals surface area contributed by atoms with Crippen molar-refractivity contribution >= 4 is 11.4 Å². The molecule has 0 saturated heterocycles. The van der Waals surface area contributed by atoms with Crippen LogP contribution >= 0.6 is 0 Å². The van der Waals surface area contributed by atoms with Crippen LogP contribution in [0.3, 0.4) is 0 Å². The molecule has 1 aromatic carbocycles. The highest BCUT2D eigenvalue weighted by atomic mass is 19.1. The lowest BCUT2D eigenvalue weighted by atomic mass is 10.0. The van der Waals surface area contributed by atoms with Crippen LogP contribution in [0.2, 0.25) is 0 Å². The molecule has 1 unspecified atom stereocenters. The van der Waals surface area contributed by atoms with Crippen molar-refractivity contribution in [3.8, 4) is 0 Å². The summed E-state index contributed by atoms with van der Waals surface area (Å²) in [5.41, 5.74) is 4.62. The third kappa shape index (κ3) is 2.86. The van der Waals surface area contributed by atoms with Crippen molar-refractivity contribution in [1.82, 2.24) is 9.97 Å². The van der Waals surface area contributed by atoms with E-state index >= 15 is 0 Å². The van der Waals surface area contributed by atoms with Gasteiger partial charge in [-0.05, 0) is 43.0 Å². The second kappa shape index (κ2) is 6.26. The van der Waals surface area contributed by atoms with Gasteiger partial charge in [-0.15, -0.1) is 0 Å². The van der Waals surface area contributed by atoms with E-state index < -0.39 is 0 Å². The molecular formula is C18H20FN3. The van der Waals surface area contributed by atoms with Crippen molar-refractivity contribution in [1.29, 1.82) is 0 Å². The zero-order valence-corrected chi connectivity index (χ0v) is 12.9. The molecule has 114 valence electrons. The monoisotopic (exact) mass is 297 g/mol. The van der Waals surface area contributed by atoms with E-state index in [-0.39, 0.29) is 5.82 Å². The number of nitrogens with one attached hydrogen (secondary N) is 1. The number of nitrogens with zero attached hydrogens (tertiary/aromatic N) is 2. The number of anilines is 1. The molecule has 0 radical (unpaired) electrons. The predicted molar refractivity (Wildman–Crippen MR) is 87.3 cm³/mol. The molecule has 0 spiro atoms. The van der Waals surface area contributed by atoms with Crippen molar-refractivity contribution in [3.05, 3.63) is 59.3 Å². The molecule has 1 heterocycles. The van der Waals surface area contributed by atoms with Gasteiger partial charge in [0.1, 0.15) is 18.0 Å². The minimum atomic E-state index is -0.198. The minimum absolute atomic E-state index is 0.198. The molecule has 3 rings (SSSR count). The average Bonchev–Trinajstić information content (AvgIpc) is 2.87. The Hall–Kier alpha value is -2.23. The van der Waals surface area contributed by atoms with Crippen molar-refractivity contribution in [3.63, 3.8) is 0 Å². The van der Waals surface area contributed by atoms with Gasteiger partial charge in [0.25, 0.3) is 0 Å². The third-order valence-electron chi connectivity index (χ3n) is 4.13. The number of hydrogen-bond acceptors (Lipinski definition) is 3. The average molecular weight is 297 g/mol. The first-order chi connectivity index (χ1) is 10.7. The Balaban J connectivity index is 1.70. The molecule has 0 saturated carbocycles. The molecule has 4 heteroatoms. The smallest absolute Gasteiger partial charge is 0.137 e. The van der Waals surface area contributed by atoms with E-state index in [1.54, 1.807) is 6.33 Å². The summed E-state index contributed by atoms with van der Waals surface area (Å²) in [6.45, 7) is 5.05. The molecule has 0 amide bonds. The highest BCUT2D eigenvalue weighted by Gasteiger charge is 2.24. The molecular weight excluding hydrogens is 277 g/mol. The molecule has 1 aromatic heterocycles. The van der Waals surface area contributed by atoms with Gasteiger partial charge in [-0.25, -0.2) is 14.4 Å². The summed E-state index contributed by atoms with van der Waals surface area (Å²) in [6, 6.07) is 6.63. The van der Waals surface area contributed by atoms with E-state index in [9.17, 15) is 4.39 Å². The van der Waals surface area contributed by atoms with Gasteiger partial charge in [-0.2, -0.15) is 0 Å². The summed E-state index contributed by atoms with van der Waals surface area (Å²) < 4.78 is 12.9. The Labute approximate surface area is 130 Å². The summed E-state index contributed by atoms with van der Waals surface area (Å²) in [6.07, 6.45) is 5.79. The lowest BCUT2D eigenvalue weighted by Gasteiger charge is -2.12. The van der Waals surface area contributed by atoms with Crippen LogP contribution in [-0.4, -0.2) is 16.5 Å². The normalized spacial score (nSPS) is 16.3. The molecule has 0 bridgehead atoms. The van der Waals surface area contributed by atoms with Gasteiger partial charge in [-0.3, -0.25) is 0 Å². The SMILES string of the molecule is CCC1C=C(C)c2c(NCCc3ccc(F)cc3)ncnc21. The van der Waals surface area contributed by atoms with Crippen LogP contribution in [0.15, 0.2) is 36.7 Å². The van der Waals surface area contributed by atoms with E-state index in [1.807, 2.05) is 12.1 Å². The van der Waals surface area contributed by atoms with Crippen molar-refractivity contribution < 1.29 is 4.39 Å². The molecule has 0 fully saturated rings. The summed E-state index contributed by atoms with van der Waals surface area (Å²) in [7, 11) is 0. The maximum atomic E-state index is 12.9. The fourth-order valence-corrected chi connectivity index (χ4v) is 2.95. The van der Waals surface area contributed by atoms with Crippen LogP contribution in [0.4, 0.5) is 10.2 Å². The summed E-state index contributed by atoms with van der Waals surface area (Å²) in [4.78, 5) is 8.85. The number of hydrogen-bond donors (Lipinski definition) is 1. The molecule has 2 aromatic rings. The van der Waals surface area contributed by atoms with E-state index in [2.05, 4.69) is 35.2 Å². The molecule has 1 aliphatic carbocycles. The molecule has 22 heavy (non-hydrogen) atoms.